The van der Waals surface area contributed by atoms with Gasteiger partial charge in [0.05, 0.1) is 4.92 Å². The Labute approximate surface area is 116 Å². The topological polar surface area (TPSA) is 72.7 Å². The number of hydrogen-bond donors (Lipinski definition) is 0. The number of carbonyl (C=O) groups is 1. The molecule has 0 saturated carbocycles. The summed E-state index contributed by atoms with van der Waals surface area (Å²) < 4.78 is 5.26. The van der Waals surface area contributed by atoms with Crippen LogP contribution in [0.4, 0.5) is 5.69 Å². The average molecular weight is 287 g/mol. The molecule has 0 N–H and O–H groups in total. The summed E-state index contributed by atoms with van der Waals surface area (Å²) >= 11 is 5.74. The highest BCUT2D eigenvalue weighted by atomic mass is 35.5. The van der Waals surface area contributed by atoms with Crippen molar-refractivity contribution in [2.45, 2.75) is 19.9 Å². The molecule has 1 aromatic carbocycles. The molecule has 0 aliphatic rings. The van der Waals surface area contributed by atoms with Gasteiger partial charge in [0.15, 0.2) is 6.61 Å². The van der Waals surface area contributed by atoms with Crippen LogP contribution in [0.25, 0.3) is 0 Å². The zero-order valence-corrected chi connectivity index (χ0v) is 11.7. The maximum Gasteiger partial charge on any atom is 0.288 e. The van der Waals surface area contributed by atoms with Gasteiger partial charge in [0.2, 0.25) is 0 Å². The number of nitro benzene ring substituents is 1. The maximum atomic E-state index is 11.7. The number of likely N-dealkylation sites (N-methyl/N-ethyl adjacent to an activating group) is 1. The minimum Gasteiger partial charge on any atom is -0.484 e. The van der Waals surface area contributed by atoms with Gasteiger partial charge in [-0.1, -0.05) is 11.6 Å². The van der Waals surface area contributed by atoms with Crippen molar-refractivity contribution in [1.29, 1.82) is 0 Å². The fraction of sp³-hybridized carbons (Fsp3) is 0.417. The van der Waals surface area contributed by atoms with Gasteiger partial charge in [-0.25, -0.2) is 0 Å². The van der Waals surface area contributed by atoms with E-state index in [9.17, 15) is 14.9 Å². The first-order valence-electron chi connectivity index (χ1n) is 5.65. The predicted octanol–water partition coefficient (Wildman–Crippen LogP) is 2.49. The van der Waals surface area contributed by atoms with Crippen molar-refractivity contribution < 1.29 is 14.5 Å². The lowest BCUT2D eigenvalue weighted by atomic mass is 10.3. The summed E-state index contributed by atoms with van der Waals surface area (Å²) in [5, 5.41) is 10.6. The Hall–Kier alpha value is -1.82. The van der Waals surface area contributed by atoms with Crippen LogP contribution in [0.3, 0.4) is 0 Å². The number of nitrogens with zero attached hydrogens (tertiary/aromatic N) is 2. The van der Waals surface area contributed by atoms with E-state index in [2.05, 4.69) is 0 Å². The summed E-state index contributed by atoms with van der Waals surface area (Å²) in [5.41, 5.74) is -0.195. The van der Waals surface area contributed by atoms with Crippen LogP contribution < -0.4 is 4.74 Å². The molecule has 104 valence electrons. The fourth-order valence-corrected chi connectivity index (χ4v) is 1.50. The van der Waals surface area contributed by atoms with Crippen LogP contribution in [0.2, 0.25) is 5.02 Å². The second kappa shape index (κ2) is 6.38. The highest BCUT2D eigenvalue weighted by molar-refractivity contribution is 6.32. The van der Waals surface area contributed by atoms with Gasteiger partial charge in [0, 0.05) is 25.2 Å². The Morgan fingerprint density at radius 3 is 2.63 bits per heavy atom. The quantitative estimate of drug-likeness (QED) is 0.616. The first-order valence-corrected chi connectivity index (χ1v) is 6.03. The summed E-state index contributed by atoms with van der Waals surface area (Å²) in [4.78, 5) is 23.2. The third-order valence-electron chi connectivity index (χ3n) is 2.65. The highest BCUT2D eigenvalue weighted by Gasteiger charge is 2.15. The molecule has 0 radical (unpaired) electrons. The summed E-state index contributed by atoms with van der Waals surface area (Å²) in [6, 6.07) is 4.06. The van der Waals surface area contributed by atoms with Crippen LogP contribution in [-0.2, 0) is 4.79 Å². The molecule has 0 fully saturated rings. The molecule has 7 heteroatoms. The Morgan fingerprint density at radius 1 is 1.53 bits per heavy atom. The van der Waals surface area contributed by atoms with Gasteiger partial charge in [-0.15, -0.1) is 0 Å². The molecule has 1 amide bonds. The monoisotopic (exact) mass is 286 g/mol. The summed E-state index contributed by atoms with van der Waals surface area (Å²) in [6.07, 6.45) is 0. The Bertz CT molecular complexity index is 491. The standard InChI is InChI=1S/C12H15ClN2O4/c1-8(2)14(3)12(16)7-19-9-4-5-11(15(17)18)10(13)6-9/h4-6,8H,7H2,1-3H3. The molecule has 0 saturated heterocycles. The third-order valence-corrected chi connectivity index (χ3v) is 2.95. The smallest absolute Gasteiger partial charge is 0.288 e. The number of benzene rings is 1. The van der Waals surface area contributed by atoms with Crippen LogP contribution in [0.1, 0.15) is 13.8 Å². The zero-order chi connectivity index (χ0) is 14.6. The minimum absolute atomic E-state index is 0.0211. The number of carbonyl (C=O) groups excluding carboxylic acids is 1. The van der Waals surface area contributed by atoms with Crippen molar-refractivity contribution in [3.05, 3.63) is 33.3 Å². The molecule has 0 spiro atoms. The summed E-state index contributed by atoms with van der Waals surface area (Å²) in [5.74, 6) is 0.144. The Morgan fingerprint density at radius 2 is 2.16 bits per heavy atom. The average Bonchev–Trinajstić information content (AvgIpc) is 2.34. The predicted molar refractivity (Wildman–Crippen MR) is 71.5 cm³/mol. The van der Waals surface area contributed by atoms with Crippen molar-refractivity contribution in [1.82, 2.24) is 4.90 Å². The van der Waals surface area contributed by atoms with Crippen LogP contribution in [-0.4, -0.2) is 35.4 Å². The molecule has 0 unspecified atom stereocenters. The second-order valence-electron chi connectivity index (χ2n) is 4.26. The van der Waals surface area contributed by atoms with Crippen molar-refractivity contribution in [3.8, 4) is 5.75 Å². The van der Waals surface area contributed by atoms with Crippen LogP contribution >= 0.6 is 11.6 Å². The molecule has 6 nitrogen and oxygen atoms in total. The van der Waals surface area contributed by atoms with Gasteiger partial charge in [0.25, 0.3) is 11.6 Å². The third kappa shape index (κ3) is 4.10. The lowest BCUT2D eigenvalue weighted by Gasteiger charge is -2.21. The fourth-order valence-electron chi connectivity index (χ4n) is 1.26. The summed E-state index contributed by atoms with van der Waals surface area (Å²) in [7, 11) is 1.68. The molecule has 1 aromatic rings. The Balaban J connectivity index is 2.67. The van der Waals surface area contributed by atoms with Gasteiger partial charge in [-0.05, 0) is 19.9 Å². The second-order valence-corrected chi connectivity index (χ2v) is 4.66. The van der Waals surface area contributed by atoms with Gasteiger partial charge >= 0.3 is 0 Å². The van der Waals surface area contributed by atoms with Crippen LogP contribution in [0.5, 0.6) is 5.75 Å². The molecule has 0 aromatic heterocycles. The lowest BCUT2D eigenvalue weighted by Crippen LogP contribution is -2.36. The largest absolute Gasteiger partial charge is 0.484 e. The molecular weight excluding hydrogens is 272 g/mol. The van der Waals surface area contributed by atoms with Crippen molar-refractivity contribution in [2.75, 3.05) is 13.7 Å². The highest BCUT2D eigenvalue weighted by Crippen LogP contribution is 2.28. The SMILES string of the molecule is CC(C)N(C)C(=O)COc1ccc([N+](=O)[O-])c(Cl)c1. The summed E-state index contributed by atoms with van der Waals surface area (Å²) in [6.45, 7) is 3.64. The van der Waals surface area contributed by atoms with Gasteiger partial charge < -0.3 is 9.64 Å². The number of halogens is 1. The lowest BCUT2D eigenvalue weighted by molar-refractivity contribution is -0.384. The number of amides is 1. The molecule has 19 heavy (non-hydrogen) atoms. The van der Waals surface area contributed by atoms with E-state index in [-0.39, 0.29) is 29.3 Å². The van der Waals surface area contributed by atoms with Gasteiger partial charge in [0.1, 0.15) is 10.8 Å². The van der Waals surface area contributed by atoms with E-state index in [1.165, 1.54) is 18.2 Å². The van der Waals surface area contributed by atoms with Gasteiger partial charge in [-0.3, -0.25) is 14.9 Å². The number of hydrogen-bond acceptors (Lipinski definition) is 4. The zero-order valence-electron chi connectivity index (χ0n) is 10.9. The van der Waals surface area contributed by atoms with Crippen molar-refractivity contribution >= 4 is 23.2 Å². The van der Waals surface area contributed by atoms with E-state index < -0.39 is 4.92 Å². The van der Waals surface area contributed by atoms with Crippen LogP contribution in [0, 0.1) is 10.1 Å². The molecule has 0 atom stereocenters. The van der Waals surface area contributed by atoms with E-state index in [1.54, 1.807) is 11.9 Å². The first-order chi connectivity index (χ1) is 8.82. The number of ether oxygens (including phenoxy) is 1. The van der Waals surface area contributed by atoms with Crippen molar-refractivity contribution in [3.63, 3.8) is 0 Å². The molecule has 1 rings (SSSR count). The van der Waals surface area contributed by atoms with E-state index in [0.717, 1.165) is 0 Å². The van der Waals surface area contributed by atoms with Crippen LogP contribution in [0.15, 0.2) is 18.2 Å². The Kier molecular flexibility index (Phi) is 5.11. The van der Waals surface area contributed by atoms with E-state index >= 15 is 0 Å². The minimum atomic E-state index is -0.580. The number of rotatable bonds is 5. The molecule has 0 heterocycles. The first kappa shape index (κ1) is 15.2. The molecule has 0 aliphatic heterocycles. The van der Waals surface area contributed by atoms with Gasteiger partial charge in [-0.2, -0.15) is 0 Å². The molecular formula is C12H15ClN2O4. The van der Waals surface area contributed by atoms with E-state index in [4.69, 9.17) is 16.3 Å². The van der Waals surface area contributed by atoms with E-state index in [1.807, 2.05) is 13.8 Å². The maximum absolute atomic E-state index is 11.7. The molecule has 0 aliphatic carbocycles. The van der Waals surface area contributed by atoms with E-state index in [0.29, 0.717) is 5.75 Å². The molecule has 0 bridgehead atoms. The normalized spacial score (nSPS) is 10.4. The van der Waals surface area contributed by atoms with Crippen molar-refractivity contribution in [2.24, 2.45) is 0 Å². The number of nitro groups is 1.